The van der Waals surface area contributed by atoms with Gasteiger partial charge in [-0.15, -0.1) is 0 Å². The highest BCUT2D eigenvalue weighted by atomic mass is 16.4. The molecule has 4 heteroatoms. The fraction of sp³-hybridized carbons (Fsp3) is 0. The van der Waals surface area contributed by atoms with Crippen molar-refractivity contribution in [1.82, 2.24) is 0 Å². The molecule has 0 bridgehead atoms. The Kier molecular flexibility index (Phi) is 4.25. The Morgan fingerprint density at radius 2 is 1.13 bits per heavy atom. The molecule has 0 saturated heterocycles. The van der Waals surface area contributed by atoms with E-state index in [-0.39, 0.29) is 5.56 Å². The summed E-state index contributed by atoms with van der Waals surface area (Å²) in [5, 5.41) is 17.3. The predicted octanol–water partition coefficient (Wildman–Crippen LogP) is 5.47. The van der Waals surface area contributed by atoms with Gasteiger partial charge in [0.25, 0.3) is 0 Å². The highest BCUT2D eigenvalue weighted by molar-refractivity contribution is 5.88. The molecule has 4 nitrogen and oxygen atoms in total. The quantitative estimate of drug-likeness (QED) is 0.650. The summed E-state index contributed by atoms with van der Waals surface area (Å²) >= 11 is 0. The maximum absolute atomic E-state index is 10.9. The summed E-state index contributed by atoms with van der Waals surface area (Å²) in [4.78, 5) is 10.9. The fourth-order valence-electron chi connectivity index (χ4n) is 2.14. The smallest absolute Gasteiger partial charge is 0.335 e. The zero-order valence-corrected chi connectivity index (χ0v) is 12.3. The fourth-order valence-corrected chi connectivity index (χ4v) is 2.14. The number of carboxylic acids is 1. The molecule has 0 aliphatic carbocycles. The molecule has 1 N–H and O–H groups in total. The number of hydrogen-bond donors (Lipinski definition) is 1. The number of carbonyl (C=O) groups is 1. The standard InChI is InChI=1S/C19H14N2O2/c22-19(23)16-8-6-14(7-9-16)15-10-12-18(13-11-15)21-20-17-4-2-1-3-5-17/h1-13H,(H,22,23)/b21-20+. The third-order valence-corrected chi connectivity index (χ3v) is 3.37. The molecule has 0 spiro atoms. The van der Waals surface area contributed by atoms with E-state index in [1.165, 1.54) is 0 Å². The Morgan fingerprint density at radius 3 is 1.65 bits per heavy atom. The molecule has 112 valence electrons. The second-order valence-electron chi connectivity index (χ2n) is 4.96. The number of benzene rings is 3. The maximum Gasteiger partial charge on any atom is 0.335 e. The summed E-state index contributed by atoms with van der Waals surface area (Å²) in [5.41, 5.74) is 3.81. The van der Waals surface area contributed by atoms with Gasteiger partial charge in [-0.05, 0) is 47.5 Å². The lowest BCUT2D eigenvalue weighted by Crippen LogP contribution is -1.94. The second-order valence-corrected chi connectivity index (χ2v) is 4.96. The number of rotatable bonds is 4. The Hall–Kier alpha value is -3.27. The van der Waals surface area contributed by atoms with E-state index in [4.69, 9.17) is 5.11 Å². The molecule has 3 rings (SSSR count). The maximum atomic E-state index is 10.9. The van der Waals surface area contributed by atoms with E-state index in [1.807, 2.05) is 54.6 Å². The van der Waals surface area contributed by atoms with Crippen LogP contribution in [-0.2, 0) is 0 Å². The van der Waals surface area contributed by atoms with Gasteiger partial charge in [-0.3, -0.25) is 0 Å². The van der Waals surface area contributed by atoms with Crippen LogP contribution in [0.3, 0.4) is 0 Å². The van der Waals surface area contributed by atoms with Gasteiger partial charge in [0.2, 0.25) is 0 Å². The summed E-state index contributed by atoms with van der Waals surface area (Å²) < 4.78 is 0. The average Bonchev–Trinajstić information content (AvgIpc) is 2.61. The molecule has 3 aromatic rings. The zero-order chi connectivity index (χ0) is 16.1. The summed E-state index contributed by atoms with van der Waals surface area (Å²) in [6.45, 7) is 0. The number of carboxylic acid groups (broad SMARTS) is 1. The predicted molar refractivity (Wildman–Crippen MR) is 89.5 cm³/mol. The number of hydrogen-bond acceptors (Lipinski definition) is 3. The topological polar surface area (TPSA) is 62.0 Å². The van der Waals surface area contributed by atoms with Gasteiger partial charge in [-0.2, -0.15) is 10.2 Å². The molecule has 0 aromatic heterocycles. The second kappa shape index (κ2) is 6.66. The van der Waals surface area contributed by atoms with Crippen LogP contribution in [0, 0.1) is 0 Å². The number of azo groups is 1. The molecule has 0 fully saturated rings. The minimum Gasteiger partial charge on any atom is -0.478 e. The van der Waals surface area contributed by atoms with E-state index in [2.05, 4.69) is 10.2 Å². The van der Waals surface area contributed by atoms with Crippen molar-refractivity contribution in [3.8, 4) is 11.1 Å². The van der Waals surface area contributed by atoms with Crippen LogP contribution in [0.1, 0.15) is 10.4 Å². The van der Waals surface area contributed by atoms with Crippen LogP contribution in [0.2, 0.25) is 0 Å². The van der Waals surface area contributed by atoms with Crippen LogP contribution in [0.15, 0.2) is 89.1 Å². The van der Waals surface area contributed by atoms with Crippen molar-refractivity contribution in [1.29, 1.82) is 0 Å². The highest BCUT2D eigenvalue weighted by Gasteiger charge is 2.03. The van der Waals surface area contributed by atoms with Crippen molar-refractivity contribution in [2.75, 3.05) is 0 Å². The number of aromatic carboxylic acids is 1. The molecule has 0 aliphatic heterocycles. The normalized spacial score (nSPS) is 10.8. The van der Waals surface area contributed by atoms with Gasteiger partial charge in [-0.25, -0.2) is 4.79 Å². The molecule has 0 atom stereocenters. The molecule has 0 heterocycles. The summed E-state index contributed by atoms with van der Waals surface area (Å²) in [6, 6.07) is 24.0. The van der Waals surface area contributed by atoms with Crippen molar-refractivity contribution in [2.24, 2.45) is 10.2 Å². The van der Waals surface area contributed by atoms with Crippen molar-refractivity contribution < 1.29 is 9.90 Å². The molecular weight excluding hydrogens is 288 g/mol. The first-order valence-corrected chi connectivity index (χ1v) is 7.13. The van der Waals surface area contributed by atoms with E-state index < -0.39 is 5.97 Å². The Morgan fingerprint density at radius 1 is 0.652 bits per heavy atom. The van der Waals surface area contributed by atoms with Crippen molar-refractivity contribution in [3.63, 3.8) is 0 Å². The van der Waals surface area contributed by atoms with Gasteiger partial charge in [0.15, 0.2) is 0 Å². The average molecular weight is 302 g/mol. The van der Waals surface area contributed by atoms with Gasteiger partial charge in [0, 0.05) is 0 Å². The molecule has 0 unspecified atom stereocenters. The van der Waals surface area contributed by atoms with E-state index in [1.54, 1.807) is 24.3 Å². The summed E-state index contributed by atoms with van der Waals surface area (Å²) in [6.07, 6.45) is 0. The molecule has 0 aliphatic rings. The molecule has 0 radical (unpaired) electrons. The molecule has 0 saturated carbocycles. The largest absolute Gasteiger partial charge is 0.478 e. The van der Waals surface area contributed by atoms with Crippen molar-refractivity contribution >= 4 is 17.3 Å². The van der Waals surface area contributed by atoms with Gasteiger partial charge in [0.1, 0.15) is 0 Å². The monoisotopic (exact) mass is 302 g/mol. The van der Waals surface area contributed by atoms with Crippen LogP contribution < -0.4 is 0 Å². The van der Waals surface area contributed by atoms with E-state index in [9.17, 15) is 4.79 Å². The molecule has 23 heavy (non-hydrogen) atoms. The van der Waals surface area contributed by atoms with Crippen LogP contribution in [-0.4, -0.2) is 11.1 Å². The Bertz CT molecular complexity index is 824. The first-order valence-electron chi connectivity index (χ1n) is 7.13. The summed E-state index contributed by atoms with van der Waals surface area (Å²) in [7, 11) is 0. The van der Waals surface area contributed by atoms with E-state index in [0.29, 0.717) is 0 Å². The van der Waals surface area contributed by atoms with Gasteiger partial charge in [-0.1, -0.05) is 42.5 Å². The van der Waals surface area contributed by atoms with Gasteiger partial charge >= 0.3 is 5.97 Å². The van der Waals surface area contributed by atoms with Gasteiger partial charge in [0.05, 0.1) is 16.9 Å². The SMILES string of the molecule is O=C(O)c1ccc(-c2ccc(/N=N/c3ccccc3)cc2)cc1. The van der Waals surface area contributed by atoms with Crippen LogP contribution in [0.25, 0.3) is 11.1 Å². The molecule has 3 aromatic carbocycles. The van der Waals surface area contributed by atoms with Crippen LogP contribution in [0.5, 0.6) is 0 Å². The van der Waals surface area contributed by atoms with Crippen molar-refractivity contribution in [3.05, 3.63) is 84.4 Å². The first-order chi connectivity index (χ1) is 11.2. The first kappa shape index (κ1) is 14.7. The van der Waals surface area contributed by atoms with E-state index >= 15 is 0 Å². The third kappa shape index (κ3) is 3.68. The van der Waals surface area contributed by atoms with Crippen molar-refractivity contribution in [2.45, 2.75) is 0 Å². The Labute approximate surface area is 133 Å². The zero-order valence-electron chi connectivity index (χ0n) is 12.3. The van der Waals surface area contributed by atoms with Crippen LogP contribution in [0.4, 0.5) is 11.4 Å². The third-order valence-electron chi connectivity index (χ3n) is 3.37. The number of nitrogens with zero attached hydrogens (tertiary/aromatic N) is 2. The lowest BCUT2D eigenvalue weighted by atomic mass is 10.0. The van der Waals surface area contributed by atoms with Gasteiger partial charge < -0.3 is 5.11 Å². The summed E-state index contributed by atoms with van der Waals surface area (Å²) in [5.74, 6) is -0.923. The van der Waals surface area contributed by atoms with Crippen LogP contribution >= 0.6 is 0 Å². The lowest BCUT2D eigenvalue weighted by molar-refractivity contribution is 0.0697. The highest BCUT2D eigenvalue weighted by Crippen LogP contribution is 2.24. The Balaban J connectivity index is 1.76. The molecule has 0 amide bonds. The lowest BCUT2D eigenvalue weighted by Gasteiger charge is -2.02. The minimum atomic E-state index is -0.923. The minimum absolute atomic E-state index is 0.280. The molecular formula is C19H14N2O2. The van der Waals surface area contributed by atoms with E-state index in [0.717, 1.165) is 22.5 Å².